The molecule has 0 spiro atoms. The molecule has 4 nitrogen and oxygen atoms in total. The molecule has 1 aromatic heterocycles. The Bertz CT molecular complexity index is 377. The molecule has 88 valence electrons. The second-order valence-electron chi connectivity index (χ2n) is 4.20. The average molecular weight is 239 g/mol. The van der Waals surface area contributed by atoms with Gasteiger partial charge in [-0.25, -0.2) is 4.98 Å². The van der Waals surface area contributed by atoms with Gasteiger partial charge < -0.3 is 10.6 Å². The summed E-state index contributed by atoms with van der Waals surface area (Å²) in [5.41, 5.74) is 0. The molecular formula is C11H17N3OS. The topological polar surface area (TPSA) is 54.0 Å². The largest absolute Gasteiger partial charge is 0.351 e. The van der Waals surface area contributed by atoms with Gasteiger partial charge in [-0.15, -0.1) is 11.3 Å². The predicted octanol–water partition coefficient (Wildman–Crippen LogP) is 1.07. The van der Waals surface area contributed by atoms with Crippen LogP contribution in [0.2, 0.25) is 0 Å². The fraction of sp³-hybridized carbons (Fsp3) is 0.636. The van der Waals surface area contributed by atoms with Gasteiger partial charge in [-0.2, -0.15) is 0 Å². The van der Waals surface area contributed by atoms with Gasteiger partial charge in [0.1, 0.15) is 0 Å². The van der Waals surface area contributed by atoms with E-state index in [4.69, 9.17) is 0 Å². The average Bonchev–Trinajstić information content (AvgIpc) is 2.84. The zero-order valence-corrected chi connectivity index (χ0v) is 10.4. The van der Waals surface area contributed by atoms with Gasteiger partial charge in [0.05, 0.1) is 17.5 Å². The molecule has 5 heteroatoms. The summed E-state index contributed by atoms with van der Waals surface area (Å²) in [5.74, 6) is 0.276. The molecule has 1 fully saturated rings. The molecule has 16 heavy (non-hydrogen) atoms. The number of thiazole rings is 1. The van der Waals surface area contributed by atoms with Crippen molar-refractivity contribution in [3.8, 4) is 0 Å². The third-order valence-electron chi connectivity index (χ3n) is 2.97. The SMILES string of the molecule is Cc1ncc(CNC(=O)C2CCNC2C)s1. The molecule has 1 amide bonds. The summed E-state index contributed by atoms with van der Waals surface area (Å²) >= 11 is 1.63. The van der Waals surface area contributed by atoms with E-state index in [1.807, 2.05) is 13.1 Å². The van der Waals surface area contributed by atoms with Gasteiger partial charge in [0.25, 0.3) is 0 Å². The van der Waals surface area contributed by atoms with Crippen LogP contribution in [0.4, 0.5) is 0 Å². The first-order valence-electron chi connectivity index (χ1n) is 5.59. The molecule has 2 rings (SSSR count). The van der Waals surface area contributed by atoms with Gasteiger partial charge in [-0.3, -0.25) is 4.79 Å². The Hall–Kier alpha value is -0.940. The summed E-state index contributed by atoms with van der Waals surface area (Å²) < 4.78 is 0. The number of nitrogens with one attached hydrogen (secondary N) is 2. The standard InChI is InChI=1S/C11H17N3OS/c1-7-10(3-4-12-7)11(15)14-6-9-5-13-8(2)16-9/h5,7,10,12H,3-4,6H2,1-2H3,(H,14,15). The first-order valence-corrected chi connectivity index (χ1v) is 6.41. The second kappa shape index (κ2) is 4.93. The van der Waals surface area contributed by atoms with Gasteiger partial charge in [-0.05, 0) is 26.8 Å². The minimum Gasteiger partial charge on any atom is -0.351 e. The van der Waals surface area contributed by atoms with Crippen molar-refractivity contribution >= 4 is 17.2 Å². The van der Waals surface area contributed by atoms with Crippen LogP contribution in [-0.2, 0) is 11.3 Å². The monoisotopic (exact) mass is 239 g/mol. The molecule has 0 aliphatic carbocycles. The van der Waals surface area contributed by atoms with E-state index in [9.17, 15) is 4.79 Å². The van der Waals surface area contributed by atoms with Crippen molar-refractivity contribution in [1.29, 1.82) is 0 Å². The molecule has 2 N–H and O–H groups in total. The van der Waals surface area contributed by atoms with Crippen LogP contribution < -0.4 is 10.6 Å². The lowest BCUT2D eigenvalue weighted by atomic mass is 10.0. The van der Waals surface area contributed by atoms with E-state index in [-0.39, 0.29) is 11.8 Å². The molecule has 2 heterocycles. The third-order valence-corrected chi connectivity index (χ3v) is 3.88. The summed E-state index contributed by atoms with van der Waals surface area (Å²) in [5, 5.41) is 7.30. The molecular weight excluding hydrogens is 222 g/mol. The zero-order valence-electron chi connectivity index (χ0n) is 9.62. The van der Waals surface area contributed by atoms with E-state index in [1.54, 1.807) is 11.3 Å². The van der Waals surface area contributed by atoms with Crippen molar-refractivity contribution in [2.24, 2.45) is 5.92 Å². The van der Waals surface area contributed by atoms with Crippen LogP contribution in [0.1, 0.15) is 23.2 Å². The Morgan fingerprint density at radius 2 is 2.56 bits per heavy atom. The smallest absolute Gasteiger partial charge is 0.225 e. The van der Waals surface area contributed by atoms with E-state index in [1.165, 1.54) is 0 Å². The van der Waals surface area contributed by atoms with Crippen molar-refractivity contribution in [2.75, 3.05) is 6.54 Å². The Morgan fingerprint density at radius 3 is 3.12 bits per heavy atom. The lowest BCUT2D eigenvalue weighted by molar-refractivity contribution is -0.125. The maximum absolute atomic E-state index is 11.9. The van der Waals surface area contributed by atoms with Crippen LogP contribution in [0.5, 0.6) is 0 Å². The molecule has 0 aromatic carbocycles. The molecule has 0 bridgehead atoms. The number of aromatic nitrogens is 1. The quantitative estimate of drug-likeness (QED) is 0.829. The number of amides is 1. The summed E-state index contributed by atoms with van der Waals surface area (Å²) in [6, 6.07) is 0.295. The fourth-order valence-corrected chi connectivity index (χ4v) is 2.74. The molecule has 1 saturated heterocycles. The fourth-order valence-electron chi connectivity index (χ4n) is 2.01. The number of hydrogen-bond acceptors (Lipinski definition) is 4. The van der Waals surface area contributed by atoms with Crippen LogP contribution in [0, 0.1) is 12.8 Å². The highest BCUT2D eigenvalue weighted by atomic mass is 32.1. The summed E-state index contributed by atoms with van der Waals surface area (Å²) in [6.07, 6.45) is 2.77. The number of nitrogens with zero attached hydrogens (tertiary/aromatic N) is 1. The Labute approximate surface area is 99.5 Å². The first kappa shape index (κ1) is 11.5. The number of aryl methyl sites for hydroxylation is 1. The van der Waals surface area contributed by atoms with Crippen molar-refractivity contribution in [3.63, 3.8) is 0 Å². The van der Waals surface area contributed by atoms with E-state index in [0.717, 1.165) is 22.9 Å². The zero-order chi connectivity index (χ0) is 11.5. The maximum Gasteiger partial charge on any atom is 0.225 e. The van der Waals surface area contributed by atoms with Gasteiger partial charge in [-0.1, -0.05) is 0 Å². The third kappa shape index (κ3) is 2.59. The van der Waals surface area contributed by atoms with E-state index >= 15 is 0 Å². The molecule has 1 aliphatic heterocycles. The molecule has 2 atom stereocenters. The van der Waals surface area contributed by atoms with E-state index in [0.29, 0.717) is 12.6 Å². The Morgan fingerprint density at radius 1 is 1.75 bits per heavy atom. The maximum atomic E-state index is 11.9. The molecule has 0 radical (unpaired) electrons. The van der Waals surface area contributed by atoms with Crippen LogP contribution in [0.3, 0.4) is 0 Å². The van der Waals surface area contributed by atoms with Crippen LogP contribution >= 0.6 is 11.3 Å². The minimum atomic E-state index is 0.119. The highest BCUT2D eigenvalue weighted by Gasteiger charge is 2.28. The highest BCUT2D eigenvalue weighted by Crippen LogP contribution is 2.16. The van der Waals surface area contributed by atoms with Gasteiger partial charge in [0.15, 0.2) is 0 Å². The van der Waals surface area contributed by atoms with Gasteiger partial charge in [0, 0.05) is 17.1 Å². The first-order chi connectivity index (χ1) is 7.66. The van der Waals surface area contributed by atoms with E-state index in [2.05, 4.69) is 22.5 Å². The van der Waals surface area contributed by atoms with E-state index < -0.39 is 0 Å². The predicted molar refractivity (Wildman–Crippen MR) is 64.3 cm³/mol. The number of rotatable bonds is 3. The van der Waals surface area contributed by atoms with Crippen molar-refractivity contribution in [1.82, 2.24) is 15.6 Å². The van der Waals surface area contributed by atoms with Gasteiger partial charge in [0.2, 0.25) is 5.91 Å². The van der Waals surface area contributed by atoms with Crippen LogP contribution in [0.15, 0.2) is 6.20 Å². The normalized spacial score (nSPS) is 24.6. The number of carbonyl (C=O) groups excluding carboxylic acids is 1. The molecule has 1 aliphatic rings. The lowest BCUT2D eigenvalue weighted by Gasteiger charge is -2.14. The summed E-state index contributed by atoms with van der Waals surface area (Å²) in [4.78, 5) is 17.1. The highest BCUT2D eigenvalue weighted by molar-refractivity contribution is 7.11. The number of carbonyl (C=O) groups is 1. The summed E-state index contributed by atoms with van der Waals surface area (Å²) in [6.45, 7) is 5.58. The lowest BCUT2D eigenvalue weighted by Crippen LogP contribution is -2.36. The second-order valence-corrected chi connectivity index (χ2v) is 5.52. The molecule has 1 aromatic rings. The molecule has 2 unspecified atom stereocenters. The Kier molecular flexibility index (Phi) is 3.56. The number of hydrogen-bond donors (Lipinski definition) is 2. The minimum absolute atomic E-state index is 0.119. The van der Waals surface area contributed by atoms with Crippen LogP contribution in [-0.4, -0.2) is 23.5 Å². The van der Waals surface area contributed by atoms with Crippen molar-refractivity contribution < 1.29 is 4.79 Å². The van der Waals surface area contributed by atoms with Crippen molar-refractivity contribution in [2.45, 2.75) is 32.9 Å². The Balaban J connectivity index is 1.83. The van der Waals surface area contributed by atoms with Crippen molar-refractivity contribution in [3.05, 3.63) is 16.1 Å². The van der Waals surface area contributed by atoms with Crippen LogP contribution in [0.25, 0.3) is 0 Å². The van der Waals surface area contributed by atoms with Gasteiger partial charge >= 0.3 is 0 Å². The summed E-state index contributed by atoms with van der Waals surface area (Å²) in [7, 11) is 0. The molecule has 0 saturated carbocycles.